The number of nitrogens with zero attached hydrogens (tertiary/aromatic N) is 2. The van der Waals surface area contributed by atoms with E-state index in [1.165, 1.54) is 7.11 Å². The number of carbonyl (C=O) groups is 3. The molecule has 2 fully saturated rings. The molecule has 2 saturated heterocycles. The van der Waals surface area contributed by atoms with Gasteiger partial charge in [-0.25, -0.2) is 0 Å². The first-order chi connectivity index (χ1) is 13.6. The van der Waals surface area contributed by atoms with E-state index in [4.69, 9.17) is 18.9 Å². The first-order valence-corrected chi connectivity index (χ1v) is 9.47. The summed E-state index contributed by atoms with van der Waals surface area (Å²) in [4.78, 5) is 40.1. The van der Waals surface area contributed by atoms with Crippen molar-refractivity contribution in [3.8, 4) is 17.2 Å². The minimum absolute atomic E-state index is 0.0926. The number of hydrogen-bond donors (Lipinski definition) is 0. The Kier molecular flexibility index (Phi) is 5.14. The van der Waals surface area contributed by atoms with Crippen molar-refractivity contribution >= 4 is 34.9 Å². The second-order valence-corrected chi connectivity index (χ2v) is 7.21. The minimum atomic E-state index is -0.492. The summed E-state index contributed by atoms with van der Waals surface area (Å²) in [6, 6.07) is 3.40. The van der Waals surface area contributed by atoms with Gasteiger partial charge in [-0.15, -0.1) is 0 Å². The van der Waals surface area contributed by atoms with Gasteiger partial charge in [0.25, 0.3) is 11.1 Å². The van der Waals surface area contributed by atoms with Crippen LogP contribution >= 0.6 is 11.8 Å². The molecule has 10 heteroatoms. The van der Waals surface area contributed by atoms with Crippen LogP contribution in [0.4, 0.5) is 4.79 Å². The number of imide groups is 1. The number of hydrogen-bond acceptors (Lipinski definition) is 8. The second-order valence-electron chi connectivity index (χ2n) is 6.22. The van der Waals surface area contributed by atoms with Crippen molar-refractivity contribution in [3.05, 3.63) is 22.6 Å². The number of morpholine rings is 1. The highest BCUT2D eigenvalue weighted by Gasteiger charge is 2.37. The fourth-order valence-corrected chi connectivity index (χ4v) is 3.91. The molecule has 0 unspecified atom stereocenters. The van der Waals surface area contributed by atoms with Gasteiger partial charge in [0, 0.05) is 13.1 Å². The molecule has 0 N–H and O–H groups in total. The highest BCUT2D eigenvalue weighted by molar-refractivity contribution is 8.18. The molecule has 0 aromatic heterocycles. The van der Waals surface area contributed by atoms with Gasteiger partial charge in [0.05, 0.1) is 25.2 Å². The molecule has 0 bridgehead atoms. The molecular weight excluding hydrogens is 388 g/mol. The van der Waals surface area contributed by atoms with Crippen molar-refractivity contribution in [2.24, 2.45) is 0 Å². The van der Waals surface area contributed by atoms with Gasteiger partial charge in [0.15, 0.2) is 11.5 Å². The van der Waals surface area contributed by atoms with Crippen molar-refractivity contribution in [1.82, 2.24) is 9.80 Å². The molecule has 3 aliphatic rings. The predicted molar refractivity (Wildman–Crippen MR) is 99.2 cm³/mol. The summed E-state index contributed by atoms with van der Waals surface area (Å²) >= 11 is 0.802. The molecule has 148 valence electrons. The Balaban J connectivity index is 1.51. The van der Waals surface area contributed by atoms with E-state index < -0.39 is 11.1 Å². The average Bonchev–Trinajstić information content (AvgIpc) is 3.28. The lowest BCUT2D eigenvalue weighted by Crippen LogP contribution is -2.46. The standard InChI is InChI=1S/C18H18N2O7S/c1-24-12-6-11(7-13-16(12)27-10-26-13)8-14-17(22)20(18(23)28-14)9-15(21)19-2-4-25-5-3-19/h6-8H,2-5,9-10H2,1H3/b14-8+. The summed E-state index contributed by atoms with van der Waals surface area (Å²) < 4.78 is 21.2. The van der Waals surface area contributed by atoms with Gasteiger partial charge in [-0.2, -0.15) is 0 Å². The van der Waals surface area contributed by atoms with Gasteiger partial charge >= 0.3 is 0 Å². The van der Waals surface area contributed by atoms with Gasteiger partial charge < -0.3 is 23.8 Å². The minimum Gasteiger partial charge on any atom is -0.493 e. The van der Waals surface area contributed by atoms with E-state index in [1.54, 1.807) is 23.1 Å². The van der Waals surface area contributed by atoms with E-state index >= 15 is 0 Å². The zero-order chi connectivity index (χ0) is 19.7. The summed E-state index contributed by atoms with van der Waals surface area (Å²) in [6.07, 6.45) is 1.58. The molecule has 0 aliphatic carbocycles. The topological polar surface area (TPSA) is 94.6 Å². The molecule has 3 heterocycles. The number of ether oxygens (including phenoxy) is 4. The van der Waals surface area contributed by atoms with Gasteiger partial charge in [-0.05, 0) is 35.5 Å². The Hall–Kier alpha value is -2.72. The van der Waals surface area contributed by atoms with Crippen LogP contribution in [0.1, 0.15) is 5.56 Å². The average molecular weight is 406 g/mol. The third kappa shape index (κ3) is 3.52. The van der Waals surface area contributed by atoms with Crippen molar-refractivity contribution in [2.45, 2.75) is 0 Å². The smallest absolute Gasteiger partial charge is 0.294 e. The van der Waals surface area contributed by atoms with Crippen LogP contribution < -0.4 is 14.2 Å². The number of rotatable bonds is 4. The Morgan fingerprint density at radius 3 is 2.79 bits per heavy atom. The van der Waals surface area contributed by atoms with Crippen LogP contribution in [0.2, 0.25) is 0 Å². The van der Waals surface area contributed by atoms with Crippen molar-refractivity contribution in [2.75, 3.05) is 46.8 Å². The monoisotopic (exact) mass is 406 g/mol. The zero-order valence-electron chi connectivity index (χ0n) is 15.1. The number of amides is 3. The molecule has 9 nitrogen and oxygen atoms in total. The fraction of sp³-hybridized carbons (Fsp3) is 0.389. The first kappa shape index (κ1) is 18.6. The van der Waals surface area contributed by atoms with Gasteiger partial charge in [0.2, 0.25) is 18.4 Å². The van der Waals surface area contributed by atoms with E-state index in [2.05, 4.69) is 0 Å². The Morgan fingerprint density at radius 1 is 1.25 bits per heavy atom. The van der Waals surface area contributed by atoms with E-state index in [0.29, 0.717) is 49.1 Å². The molecular formula is C18H18N2O7S. The lowest BCUT2D eigenvalue weighted by Gasteiger charge is -2.28. The van der Waals surface area contributed by atoms with Crippen LogP contribution in [0.25, 0.3) is 6.08 Å². The molecule has 3 aliphatic heterocycles. The van der Waals surface area contributed by atoms with Crippen LogP contribution in [0.3, 0.4) is 0 Å². The van der Waals surface area contributed by atoms with E-state index in [-0.39, 0.29) is 24.2 Å². The molecule has 0 saturated carbocycles. The van der Waals surface area contributed by atoms with Gasteiger partial charge in [0.1, 0.15) is 6.54 Å². The maximum absolute atomic E-state index is 12.7. The normalized spacial score (nSPS) is 20.2. The first-order valence-electron chi connectivity index (χ1n) is 8.65. The van der Waals surface area contributed by atoms with Crippen molar-refractivity contribution in [1.29, 1.82) is 0 Å². The predicted octanol–water partition coefficient (Wildman–Crippen LogP) is 1.32. The summed E-state index contributed by atoms with van der Waals surface area (Å²) in [6.45, 7) is 1.66. The summed E-state index contributed by atoms with van der Waals surface area (Å²) in [5.74, 6) is 0.726. The fourth-order valence-electron chi connectivity index (χ4n) is 3.07. The Bertz CT molecular complexity index is 864. The summed E-state index contributed by atoms with van der Waals surface area (Å²) in [5, 5.41) is -0.467. The molecule has 1 aromatic carbocycles. The molecule has 0 atom stereocenters. The largest absolute Gasteiger partial charge is 0.493 e. The quantitative estimate of drug-likeness (QED) is 0.691. The Labute approximate surface area is 165 Å². The summed E-state index contributed by atoms with van der Waals surface area (Å²) in [5.41, 5.74) is 0.631. The van der Waals surface area contributed by atoms with Crippen LogP contribution in [0.5, 0.6) is 17.2 Å². The molecule has 3 amide bonds. The number of fused-ring (bicyclic) bond motifs is 1. The molecule has 0 radical (unpaired) electrons. The number of carbonyl (C=O) groups excluding carboxylic acids is 3. The maximum atomic E-state index is 12.7. The zero-order valence-corrected chi connectivity index (χ0v) is 16.0. The third-order valence-electron chi connectivity index (χ3n) is 4.51. The van der Waals surface area contributed by atoms with Gasteiger partial charge in [-0.3, -0.25) is 19.3 Å². The van der Waals surface area contributed by atoms with Crippen LogP contribution in [-0.4, -0.2) is 73.6 Å². The van der Waals surface area contributed by atoms with Crippen molar-refractivity contribution < 1.29 is 33.3 Å². The number of benzene rings is 1. The van der Waals surface area contributed by atoms with Crippen molar-refractivity contribution in [3.63, 3.8) is 0 Å². The van der Waals surface area contributed by atoms with E-state index in [0.717, 1.165) is 16.7 Å². The van der Waals surface area contributed by atoms with E-state index in [9.17, 15) is 14.4 Å². The molecule has 1 aromatic rings. The lowest BCUT2D eigenvalue weighted by molar-refractivity contribution is -0.139. The molecule has 4 rings (SSSR count). The van der Waals surface area contributed by atoms with Crippen LogP contribution in [0.15, 0.2) is 17.0 Å². The number of methoxy groups -OCH3 is 1. The third-order valence-corrected chi connectivity index (χ3v) is 5.42. The van der Waals surface area contributed by atoms with E-state index in [1.807, 2.05) is 0 Å². The molecule has 0 spiro atoms. The highest BCUT2D eigenvalue weighted by Crippen LogP contribution is 2.43. The van der Waals surface area contributed by atoms with Crippen LogP contribution in [-0.2, 0) is 14.3 Å². The number of thioether (sulfide) groups is 1. The Morgan fingerprint density at radius 2 is 2.04 bits per heavy atom. The SMILES string of the molecule is COc1cc(/C=C2/SC(=O)N(CC(=O)N3CCOCC3)C2=O)cc2c1OCO2. The summed E-state index contributed by atoms with van der Waals surface area (Å²) in [7, 11) is 1.51. The van der Waals surface area contributed by atoms with Gasteiger partial charge in [-0.1, -0.05) is 0 Å². The van der Waals surface area contributed by atoms with Crippen LogP contribution in [0, 0.1) is 0 Å². The second kappa shape index (κ2) is 7.72. The highest BCUT2D eigenvalue weighted by atomic mass is 32.2. The molecule has 28 heavy (non-hydrogen) atoms. The lowest BCUT2D eigenvalue weighted by atomic mass is 10.1. The maximum Gasteiger partial charge on any atom is 0.294 e.